The summed E-state index contributed by atoms with van der Waals surface area (Å²) in [5.74, 6) is -0.379. The Kier molecular flexibility index (Phi) is 9.90. The molecule has 1 atom stereocenters. The maximum Gasteiger partial charge on any atom is 0.243 e. The number of benzene rings is 3. The van der Waals surface area contributed by atoms with Gasteiger partial charge in [-0.15, -0.1) is 0 Å². The second kappa shape index (κ2) is 13.3. The number of nitrogens with one attached hydrogen (secondary N) is 1. The van der Waals surface area contributed by atoms with Gasteiger partial charge in [-0.2, -0.15) is 0 Å². The van der Waals surface area contributed by atoms with Crippen LogP contribution in [0.5, 0.6) is 0 Å². The van der Waals surface area contributed by atoms with Crippen molar-refractivity contribution in [1.82, 2.24) is 10.2 Å². The molecule has 1 aliphatic rings. The highest BCUT2D eigenvalue weighted by atomic mass is 35.5. The van der Waals surface area contributed by atoms with Gasteiger partial charge in [0, 0.05) is 39.6 Å². The topological polar surface area (TPSA) is 49.4 Å². The molecule has 1 aliphatic carbocycles. The van der Waals surface area contributed by atoms with E-state index in [4.69, 9.17) is 34.8 Å². The van der Waals surface area contributed by atoms with Gasteiger partial charge in [-0.05, 0) is 42.2 Å². The SMILES string of the molecule is O=C(NC1CCCCC1)C(Cc1ccccc1)N(Cc1c(Cl)cccc1Cl)C(=O)Cc1ccccc1Cl. The number of halogens is 3. The van der Waals surface area contributed by atoms with Crippen LogP contribution in [0.3, 0.4) is 0 Å². The zero-order valence-electron chi connectivity index (χ0n) is 20.6. The molecule has 1 N–H and O–H groups in total. The van der Waals surface area contributed by atoms with Gasteiger partial charge in [-0.1, -0.05) is 109 Å². The zero-order chi connectivity index (χ0) is 26.2. The number of nitrogens with zero attached hydrogens (tertiary/aromatic N) is 1. The second-order valence-corrected chi connectivity index (χ2v) is 10.8. The van der Waals surface area contributed by atoms with Gasteiger partial charge in [0.2, 0.25) is 11.8 Å². The first-order valence-electron chi connectivity index (χ1n) is 12.7. The third-order valence-electron chi connectivity index (χ3n) is 6.91. The third-order valence-corrected chi connectivity index (χ3v) is 7.99. The lowest BCUT2D eigenvalue weighted by atomic mass is 9.94. The molecule has 0 bridgehead atoms. The van der Waals surface area contributed by atoms with Crippen LogP contribution in [0.1, 0.15) is 48.8 Å². The van der Waals surface area contributed by atoms with Crippen LogP contribution >= 0.6 is 34.8 Å². The lowest BCUT2D eigenvalue weighted by molar-refractivity contribution is -0.141. The quantitative estimate of drug-likeness (QED) is 0.301. The highest BCUT2D eigenvalue weighted by molar-refractivity contribution is 6.36. The Balaban J connectivity index is 1.70. The van der Waals surface area contributed by atoms with E-state index in [2.05, 4.69) is 5.32 Å². The van der Waals surface area contributed by atoms with Crippen LogP contribution in [-0.2, 0) is 29.0 Å². The number of carbonyl (C=O) groups excluding carboxylic acids is 2. The first-order valence-corrected chi connectivity index (χ1v) is 13.9. The van der Waals surface area contributed by atoms with E-state index < -0.39 is 6.04 Å². The Hall–Kier alpha value is -2.53. The third kappa shape index (κ3) is 7.50. The minimum Gasteiger partial charge on any atom is -0.352 e. The molecule has 1 unspecified atom stereocenters. The van der Waals surface area contributed by atoms with E-state index in [0.29, 0.717) is 32.6 Å². The molecular weight excluding hydrogens is 527 g/mol. The first kappa shape index (κ1) is 27.5. The van der Waals surface area contributed by atoms with Gasteiger partial charge < -0.3 is 10.2 Å². The van der Waals surface area contributed by atoms with Gasteiger partial charge in [0.05, 0.1) is 6.42 Å². The molecule has 37 heavy (non-hydrogen) atoms. The van der Waals surface area contributed by atoms with E-state index >= 15 is 0 Å². The van der Waals surface area contributed by atoms with Crippen LogP contribution < -0.4 is 5.32 Å². The molecule has 0 aromatic heterocycles. The zero-order valence-corrected chi connectivity index (χ0v) is 22.9. The van der Waals surface area contributed by atoms with Crippen molar-refractivity contribution in [1.29, 1.82) is 0 Å². The molecule has 4 rings (SSSR count). The van der Waals surface area contributed by atoms with Crippen molar-refractivity contribution in [2.45, 2.75) is 63.6 Å². The largest absolute Gasteiger partial charge is 0.352 e. The summed E-state index contributed by atoms with van der Waals surface area (Å²) in [5.41, 5.74) is 2.28. The minimum atomic E-state index is -0.744. The highest BCUT2D eigenvalue weighted by Crippen LogP contribution is 2.28. The fourth-order valence-corrected chi connectivity index (χ4v) is 5.58. The van der Waals surface area contributed by atoms with Gasteiger partial charge in [0.15, 0.2) is 0 Å². The number of hydrogen-bond acceptors (Lipinski definition) is 2. The summed E-state index contributed by atoms with van der Waals surface area (Å²) in [4.78, 5) is 29.4. The molecule has 3 aromatic rings. The summed E-state index contributed by atoms with van der Waals surface area (Å²) in [6.45, 7) is 0.109. The smallest absolute Gasteiger partial charge is 0.243 e. The lowest BCUT2D eigenvalue weighted by Gasteiger charge is -2.34. The normalized spacial score (nSPS) is 14.7. The summed E-state index contributed by atoms with van der Waals surface area (Å²) >= 11 is 19.4. The van der Waals surface area contributed by atoms with Crippen molar-refractivity contribution in [2.75, 3.05) is 0 Å². The Bertz CT molecular complexity index is 1190. The van der Waals surface area contributed by atoms with Crippen molar-refractivity contribution in [3.63, 3.8) is 0 Å². The van der Waals surface area contributed by atoms with Crippen molar-refractivity contribution >= 4 is 46.6 Å². The molecule has 0 aliphatic heterocycles. The summed E-state index contributed by atoms with van der Waals surface area (Å²) in [6, 6.07) is 21.6. The fourth-order valence-electron chi connectivity index (χ4n) is 4.86. The van der Waals surface area contributed by atoms with E-state index in [9.17, 15) is 9.59 Å². The molecule has 7 heteroatoms. The Labute approximate surface area is 233 Å². The Morgan fingerprint density at radius 2 is 1.43 bits per heavy atom. The number of carbonyl (C=O) groups is 2. The standard InChI is InChI=1S/C30H31Cl3N2O2/c31-25-15-8-7-12-22(25)19-29(36)35(20-24-26(32)16-9-17-27(24)33)28(18-21-10-3-1-4-11-21)30(37)34-23-13-5-2-6-14-23/h1,3-4,7-12,15-17,23,28H,2,5-6,13-14,18-20H2,(H,34,37). The number of amides is 2. The predicted molar refractivity (Wildman–Crippen MR) is 151 cm³/mol. The second-order valence-electron chi connectivity index (χ2n) is 9.54. The van der Waals surface area contributed by atoms with Gasteiger partial charge in [0.1, 0.15) is 6.04 Å². The maximum absolute atomic E-state index is 13.9. The van der Waals surface area contributed by atoms with Gasteiger partial charge >= 0.3 is 0 Å². The molecule has 0 heterocycles. The molecule has 1 fully saturated rings. The molecule has 3 aromatic carbocycles. The van der Waals surface area contributed by atoms with Crippen molar-refractivity contribution < 1.29 is 9.59 Å². The molecule has 0 saturated heterocycles. The minimum absolute atomic E-state index is 0.0593. The molecule has 0 spiro atoms. The maximum atomic E-state index is 13.9. The van der Waals surface area contributed by atoms with Crippen LogP contribution in [0.25, 0.3) is 0 Å². The van der Waals surface area contributed by atoms with Gasteiger partial charge in [0.25, 0.3) is 0 Å². The number of rotatable bonds is 9. The summed E-state index contributed by atoms with van der Waals surface area (Å²) < 4.78 is 0. The molecule has 4 nitrogen and oxygen atoms in total. The molecule has 194 valence electrons. The van der Waals surface area contributed by atoms with E-state index in [-0.39, 0.29) is 30.8 Å². The van der Waals surface area contributed by atoms with Crippen molar-refractivity contribution in [3.8, 4) is 0 Å². The highest BCUT2D eigenvalue weighted by Gasteiger charge is 2.33. The lowest BCUT2D eigenvalue weighted by Crippen LogP contribution is -2.53. The van der Waals surface area contributed by atoms with Crippen LogP contribution in [0, 0.1) is 0 Å². The Morgan fingerprint density at radius 3 is 2.11 bits per heavy atom. The average Bonchev–Trinajstić information content (AvgIpc) is 2.90. The van der Waals surface area contributed by atoms with Crippen molar-refractivity contribution in [2.24, 2.45) is 0 Å². The first-order chi connectivity index (χ1) is 17.9. The summed E-state index contributed by atoms with van der Waals surface area (Å²) in [6.07, 6.45) is 5.71. The summed E-state index contributed by atoms with van der Waals surface area (Å²) in [5, 5.41) is 4.66. The molecule has 0 radical (unpaired) electrons. The average molecular weight is 558 g/mol. The Morgan fingerprint density at radius 1 is 0.811 bits per heavy atom. The van der Waals surface area contributed by atoms with E-state index in [1.807, 2.05) is 48.5 Å². The molecule has 1 saturated carbocycles. The molecule has 2 amide bonds. The molecular formula is C30H31Cl3N2O2. The monoisotopic (exact) mass is 556 g/mol. The fraction of sp³-hybridized carbons (Fsp3) is 0.333. The summed E-state index contributed by atoms with van der Waals surface area (Å²) in [7, 11) is 0. The number of hydrogen-bond donors (Lipinski definition) is 1. The predicted octanol–water partition coefficient (Wildman–Crippen LogP) is 7.28. The van der Waals surface area contributed by atoms with Gasteiger partial charge in [-0.3, -0.25) is 9.59 Å². The van der Waals surface area contributed by atoms with Crippen molar-refractivity contribution in [3.05, 3.63) is 105 Å². The van der Waals surface area contributed by atoms with Crippen LogP contribution in [0.4, 0.5) is 0 Å². The van der Waals surface area contributed by atoms with Crippen LogP contribution in [0.15, 0.2) is 72.8 Å². The van der Waals surface area contributed by atoms with E-state index in [0.717, 1.165) is 31.2 Å². The van der Waals surface area contributed by atoms with Gasteiger partial charge in [-0.25, -0.2) is 0 Å². The van der Waals surface area contributed by atoms with E-state index in [1.54, 1.807) is 29.2 Å². The van der Waals surface area contributed by atoms with E-state index in [1.165, 1.54) is 6.42 Å². The van der Waals surface area contributed by atoms with Crippen LogP contribution in [-0.4, -0.2) is 28.8 Å². The van der Waals surface area contributed by atoms with Crippen LogP contribution in [0.2, 0.25) is 15.1 Å².